The summed E-state index contributed by atoms with van der Waals surface area (Å²) in [5.74, 6) is -0.725. The summed E-state index contributed by atoms with van der Waals surface area (Å²) in [5, 5.41) is 20.1. The van der Waals surface area contributed by atoms with Crippen LogP contribution in [0.2, 0.25) is 0 Å². The Morgan fingerprint density at radius 3 is 2.67 bits per heavy atom. The molecule has 0 bridgehead atoms. The molecular weight excluding hydrogens is 277 g/mol. The molecule has 0 fully saturated rings. The SMILES string of the molecule is Cc1cc(Oc2ccc(F)cc2[N+](=O)[O-])c(C#N)c(C)n1. The molecule has 7 heteroatoms. The first-order valence-electron chi connectivity index (χ1n) is 5.92. The van der Waals surface area contributed by atoms with E-state index >= 15 is 0 Å². The predicted octanol–water partition coefficient (Wildman–Crippen LogP) is 3.41. The second-order valence-corrected chi connectivity index (χ2v) is 4.31. The Balaban J connectivity index is 2.53. The summed E-state index contributed by atoms with van der Waals surface area (Å²) in [6.07, 6.45) is 0. The molecule has 0 aliphatic carbocycles. The summed E-state index contributed by atoms with van der Waals surface area (Å²) >= 11 is 0. The van der Waals surface area contributed by atoms with Crippen molar-refractivity contribution in [1.82, 2.24) is 4.98 Å². The van der Waals surface area contributed by atoms with Crippen molar-refractivity contribution in [2.45, 2.75) is 13.8 Å². The van der Waals surface area contributed by atoms with E-state index in [0.717, 1.165) is 18.2 Å². The number of benzene rings is 1. The number of hydrogen-bond acceptors (Lipinski definition) is 5. The summed E-state index contributed by atoms with van der Waals surface area (Å²) in [6, 6.07) is 6.41. The molecule has 1 aromatic heterocycles. The maximum atomic E-state index is 13.1. The van der Waals surface area contributed by atoms with E-state index in [1.165, 1.54) is 6.07 Å². The fourth-order valence-electron chi connectivity index (χ4n) is 1.85. The smallest absolute Gasteiger partial charge is 0.314 e. The third-order valence-corrected chi connectivity index (χ3v) is 2.74. The molecule has 0 radical (unpaired) electrons. The third kappa shape index (κ3) is 2.95. The molecule has 6 nitrogen and oxygen atoms in total. The fourth-order valence-corrected chi connectivity index (χ4v) is 1.85. The Kier molecular flexibility index (Phi) is 3.80. The molecule has 0 aliphatic rings. The zero-order chi connectivity index (χ0) is 15.6. The van der Waals surface area contributed by atoms with Crippen molar-refractivity contribution in [2.24, 2.45) is 0 Å². The third-order valence-electron chi connectivity index (χ3n) is 2.74. The topological polar surface area (TPSA) is 89.0 Å². The van der Waals surface area contributed by atoms with Crippen molar-refractivity contribution in [3.05, 3.63) is 57.1 Å². The molecule has 0 saturated carbocycles. The molecule has 0 unspecified atom stereocenters. The second-order valence-electron chi connectivity index (χ2n) is 4.31. The zero-order valence-corrected chi connectivity index (χ0v) is 11.3. The van der Waals surface area contributed by atoms with Gasteiger partial charge in [-0.05, 0) is 26.0 Å². The highest BCUT2D eigenvalue weighted by molar-refractivity contribution is 5.53. The molecule has 0 amide bonds. The van der Waals surface area contributed by atoms with Gasteiger partial charge in [-0.3, -0.25) is 15.1 Å². The van der Waals surface area contributed by atoms with Crippen LogP contribution >= 0.6 is 0 Å². The van der Waals surface area contributed by atoms with Gasteiger partial charge in [0.05, 0.1) is 16.7 Å². The minimum Gasteiger partial charge on any atom is -0.449 e. The van der Waals surface area contributed by atoms with Gasteiger partial charge in [0.15, 0.2) is 0 Å². The van der Waals surface area contributed by atoms with Gasteiger partial charge in [0.2, 0.25) is 5.75 Å². The normalized spacial score (nSPS) is 10.0. The highest BCUT2D eigenvalue weighted by Gasteiger charge is 2.19. The van der Waals surface area contributed by atoms with E-state index in [-0.39, 0.29) is 17.1 Å². The van der Waals surface area contributed by atoms with Gasteiger partial charge < -0.3 is 4.74 Å². The van der Waals surface area contributed by atoms with E-state index < -0.39 is 16.4 Å². The van der Waals surface area contributed by atoms with Crippen molar-refractivity contribution in [3.8, 4) is 17.6 Å². The summed E-state index contributed by atoms with van der Waals surface area (Å²) < 4.78 is 18.5. The van der Waals surface area contributed by atoms with Gasteiger partial charge in [0.1, 0.15) is 23.2 Å². The minimum atomic E-state index is -0.745. The Hall–Kier alpha value is -3.01. The van der Waals surface area contributed by atoms with Gasteiger partial charge >= 0.3 is 5.69 Å². The minimum absolute atomic E-state index is 0.136. The van der Waals surface area contributed by atoms with Crippen LogP contribution in [-0.2, 0) is 0 Å². The van der Waals surface area contributed by atoms with E-state index in [4.69, 9.17) is 10.00 Å². The maximum absolute atomic E-state index is 13.1. The van der Waals surface area contributed by atoms with Crippen LogP contribution in [0.25, 0.3) is 0 Å². The average molecular weight is 287 g/mol. The molecule has 0 aliphatic heterocycles. The molecule has 21 heavy (non-hydrogen) atoms. The van der Waals surface area contributed by atoms with E-state index in [2.05, 4.69) is 4.98 Å². The van der Waals surface area contributed by atoms with Crippen LogP contribution in [0.3, 0.4) is 0 Å². The van der Waals surface area contributed by atoms with E-state index in [1.807, 2.05) is 6.07 Å². The summed E-state index contributed by atoms with van der Waals surface area (Å²) in [5.41, 5.74) is 0.730. The summed E-state index contributed by atoms with van der Waals surface area (Å²) in [4.78, 5) is 14.3. The van der Waals surface area contributed by atoms with Crippen molar-refractivity contribution in [2.75, 3.05) is 0 Å². The van der Waals surface area contributed by atoms with Crippen LogP contribution in [0.4, 0.5) is 10.1 Å². The highest BCUT2D eigenvalue weighted by Crippen LogP contribution is 2.34. The number of nitro benzene ring substituents is 1. The number of ether oxygens (including phenoxy) is 1. The van der Waals surface area contributed by atoms with Crippen LogP contribution in [-0.4, -0.2) is 9.91 Å². The Labute approximate surface area is 119 Å². The molecule has 2 rings (SSSR count). The van der Waals surface area contributed by atoms with Gasteiger partial charge in [-0.15, -0.1) is 0 Å². The van der Waals surface area contributed by atoms with Crippen molar-refractivity contribution >= 4 is 5.69 Å². The molecule has 106 valence electrons. The van der Waals surface area contributed by atoms with Crippen molar-refractivity contribution in [1.29, 1.82) is 5.26 Å². The molecule has 0 N–H and O–H groups in total. The molecule has 0 spiro atoms. The van der Waals surface area contributed by atoms with Gasteiger partial charge in [-0.25, -0.2) is 4.39 Å². The monoisotopic (exact) mass is 287 g/mol. The molecule has 1 aromatic carbocycles. The average Bonchev–Trinajstić information content (AvgIpc) is 2.40. The van der Waals surface area contributed by atoms with Gasteiger partial charge in [0.25, 0.3) is 0 Å². The first-order valence-corrected chi connectivity index (χ1v) is 5.92. The number of aromatic nitrogens is 1. The number of hydrogen-bond donors (Lipinski definition) is 0. The molecule has 1 heterocycles. The number of aryl methyl sites for hydroxylation is 2. The van der Waals surface area contributed by atoms with E-state index in [0.29, 0.717) is 11.4 Å². The maximum Gasteiger partial charge on any atom is 0.314 e. The molecular formula is C14H10FN3O3. The zero-order valence-electron chi connectivity index (χ0n) is 11.3. The Morgan fingerprint density at radius 2 is 2.05 bits per heavy atom. The molecule has 0 atom stereocenters. The largest absolute Gasteiger partial charge is 0.449 e. The second kappa shape index (κ2) is 5.54. The number of rotatable bonds is 3. The van der Waals surface area contributed by atoms with Crippen molar-refractivity contribution < 1.29 is 14.1 Å². The van der Waals surface area contributed by atoms with E-state index in [9.17, 15) is 14.5 Å². The Bertz CT molecular complexity index is 769. The summed E-state index contributed by atoms with van der Waals surface area (Å²) in [7, 11) is 0. The predicted molar refractivity (Wildman–Crippen MR) is 71.6 cm³/mol. The van der Waals surface area contributed by atoms with Crippen LogP contribution in [0.15, 0.2) is 24.3 Å². The highest BCUT2D eigenvalue weighted by atomic mass is 19.1. The van der Waals surface area contributed by atoms with Gasteiger partial charge in [0, 0.05) is 11.8 Å². The molecule has 0 saturated heterocycles. The van der Waals surface area contributed by atoms with E-state index in [1.54, 1.807) is 13.8 Å². The Morgan fingerprint density at radius 1 is 1.33 bits per heavy atom. The van der Waals surface area contributed by atoms with Crippen molar-refractivity contribution in [3.63, 3.8) is 0 Å². The van der Waals surface area contributed by atoms with Gasteiger partial charge in [-0.2, -0.15) is 5.26 Å². The number of halogens is 1. The van der Waals surface area contributed by atoms with Crippen LogP contribution < -0.4 is 4.74 Å². The lowest BCUT2D eigenvalue weighted by Gasteiger charge is -2.10. The number of nitrogens with zero attached hydrogens (tertiary/aromatic N) is 3. The number of nitro groups is 1. The first kappa shape index (κ1) is 14.4. The quantitative estimate of drug-likeness (QED) is 0.637. The standard InChI is InChI=1S/C14H10FN3O3/c1-8-5-14(11(7-16)9(2)17-8)21-13-4-3-10(15)6-12(13)18(19)20/h3-6H,1-2H3. The molecule has 2 aromatic rings. The first-order chi connectivity index (χ1) is 9.92. The van der Waals surface area contributed by atoms with Gasteiger partial charge in [-0.1, -0.05) is 0 Å². The number of nitriles is 1. The van der Waals surface area contributed by atoms with Crippen LogP contribution in [0, 0.1) is 41.1 Å². The lowest BCUT2D eigenvalue weighted by atomic mass is 10.2. The lowest BCUT2D eigenvalue weighted by Crippen LogP contribution is -1.99. The summed E-state index contributed by atoms with van der Waals surface area (Å²) in [6.45, 7) is 3.34. The fraction of sp³-hybridized carbons (Fsp3) is 0.143. The van der Waals surface area contributed by atoms with Crippen LogP contribution in [0.5, 0.6) is 11.5 Å². The van der Waals surface area contributed by atoms with Crippen LogP contribution in [0.1, 0.15) is 17.0 Å². The number of pyridine rings is 1. The lowest BCUT2D eigenvalue weighted by molar-refractivity contribution is -0.385.